The van der Waals surface area contributed by atoms with Crippen molar-refractivity contribution < 1.29 is 0 Å². The van der Waals surface area contributed by atoms with Crippen molar-refractivity contribution in [1.82, 2.24) is 4.90 Å². The summed E-state index contributed by atoms with van der Waals surface area (Å²) >= 11 is 4.56. The van der Waals surface area contributed by atoms with Gasteiger partial charge >= 0.3 is 0 Å². The Labute approximate surface area is 100 Å². The highest BCUT2D eigenvalue weighted by Gasteiger charge is 2.40. The van der Waals surface area contributed by atoms with E-state index in [1.165, 1.54) is 45.2 Å². The van der Waals surface area contributed by atoms with Crippen LogP contribution in [0.3, 0.4) is 0 Å². The van der Waals surface area contributed by atoms with Gasteiger partial charge in [-0.2, -0.15) is 12.6 Å². The quantitative estimate of drug-likeness (QED) is 0.682. The molecule has 0 amide bonds. The molecule has 0 bridgehead atoms. The Bertz CT molecular complexity index is 201. The van der Waals surface area contributed by atoms with Gasteiger partial charge in [-0.3, -0.25) is 4.90 Å². The molecule has 0 aliphatic heterocycles. The van der Waals surface area contributed by atoms with E-state index in [0.717, 1.165) is 17.7 Å². The normalized spacial score (nSPS) is 24.6. The fourth-order valence-corrected chi connectivity index (χ4v) is 3.14. The first-order chi connectivity index (χ1) is 7.15. The maximum Gasteiger partial charge on any atom is 0.00967 e. The van der Waals surface area contributed by atoms with E-state index in [1.54, 1.807) is 0 Å². The minimum Gasteiger partial charge on any atom is -0.300 e. The van der Waals surface area contributed by atoms with E-state index in [1.807, 2.05) is 0 Å². The molecule has 2 aliphatic rings. The largest absolute Gasteiger partial charge is 0.300 e. The summed E-state index contributed by atoms with van der Waals surface area (Å²) in [5.41, 5.74) is 0.584. The van der Waals surface area contributed by atoms with Crippen LogP contribution in [-0.4, -0.2) is 29.8 Å². The Kier molecular flexibility index (Phi) is 3.67. The van der Waals surface area contributed by atoms with E-state index in [2.05, 4.69) is 31.4 Å². The smallest absolute Gasteiger partial charge is 0.00967 e. The number of thiol groups is 1. The van der Waals surface area contributed by atoms with Crippen LogP contribution >= 0.6 is 12.6 Å². The molecule has 0 unspecified atom stereocenters. The van der Waals surface area contributed by atoms with Crippen molar-refractivity contribution in [1.29, 1.82) is 0 Å². The number of hydrogen-bond acceptors (Lipinski definition) is 2. The summed E-state index contributed by atoms with van der Waals surface area (Å²) in [5, 5.41) is 0. The van der Waals surface area contributed by atoms with Gasteiger partial charge in [0.2, 0.25) is 0 Å². The SMILES string of the molecule is CC(C)CN(CC1(CS)CCC1)C1CC1. The lowest BCUT2D eigenvalue weighted by atomic mass is 9.70. The van der Waals surface area contributed by atoms with Crippen LogP contribution in [0, 0.1) is 11.3 Å². The summed E-state index contributed by atoms with van der Waals surface area (Å²) in [6.45, 7) is 7.28. The summed E-state index contributed by atoms with van der Waals surface area (Å²) in [7, 11) is 0. The summed E-state index contributed by atoms with van der Waals surface area (Å²) < 4.78 is 0. The molecule has 15 heavy (non-hydrogen) atoms. The van der Waals surface area contributed by atoms with Gasteiger partial charge in [-0.1, -0.05) is 20.3 Å². The van der Waals surface area contributed by atoms with E-state index in [9.17, 15) is 0 Å². The monoisotopic (exact) mass is 227 g/mol. The van der Waals surface area contributed by atoms with Crippen molar-refractivity contribution in [2.24, 2.45) is 11.3 Å². The molecular formula is C13H25NS. The molecule has 88 valence electrons. The molecule has 2 fully saturated rings. The maximum absolute atomic E-state index is 4.56. The van der Waals surface area contributed by atoms with E-state index in [0.29, 0.717) is 5.41 Å². The second kappa shape index (κ2) is 4.67. The number of nitrogens with zero attached hydrogens (tertiary/aromatic N) is 1. The van der Waals surface area contributed by atoms with Crippen molar-refractivity contribution in [2.45, 2.75) is 52.0 Å². The highest BCUT2D eigenvalue weighted by atomic mass is 32.1. The highest BCUT2D eigenvalue weighted by Crippen LogP contribution is 2.44. The van der Waals surface area contributed by atoms with Crippen LogP contribution in [0.2, 0.25) is 0 Å². The zero-order chi connectivity index (χ0) is 10.9. The third kappa shape index (κ3) is 2.91. The highest BCUT2D eigenvalue weighted by molar-refractivity contribution is 7.80. The summed E-state index contributed by atoms with van der Waals surface area (Å²) in [5.74, 6) is 1.90. The summed E-state index contributed by atoms with van der Waals surface area (Å²) in [6, 6.07) is 0.921. The molecule has 0 aromatic heterocycles. The topological polar surface area (TPSA) is 3.24 Å². The third-order valence-corrected chi connectivity index (χ3v) is 4.62. The van der Waals surface area contributed by atoms with E-state index >= 15 is 0 Å². The lowest BCUT2D eigenvalue weighted by molar-refractivity contribution is 0.0785. The van der Waals surface area contributed by atoms with Crippen LogP contribution in [0.4, 0.5) is 0 Å². The Balaban J connectivity index is 1.87. The predicted octanol–water partition coefficient (Wildman–Crippen LogP) is 3.21. The molecule has 0 aromatic carbocycles. The van der Waals surface area contributed by atoms with Crippen LogP contribution in [0.5, 0.6) is 0 Å². The van der Waals surface area contributed by atoms with Gasteiger partial charge in [0, 0.05) is 19.1 Å². The molecule has 0 saturated heterocycles. The average Bonchev–Trinajstić information content (AvgIpc) is 2.91. The van der Waals surface area contributed by atoms with E-state index in [4.69, 9.17) is 0 Å². The van der Waals surface area contributed by atoms with Crippen LogP contribution in [0.15, 0.2) is 0 Å². The first-order valence-corrected chi connectivity index (χ1v) is 7.13. The van der Waals surface area contributed by atoms with Crippen molar-refractivity contribution in [2.75, 3.05) is 18.8 Å². The third-order valence-electron chi connectivity index (χ3n) is 3.95. The molecule has 2 saturated carbocycles. The van der Waals surface area contributed by atoms with Crippen molar-refractivity contribution in [3.8, 4) is 0 Å². The van der Waals surface area contributed by atoms with Crippen LogP contribution < -0.4 is 0 Å². The van der Waals surface area contributed by atoms with E-state index < -0.39 is 0 Å². The number of rotatable bonds is 6. The first kappa shape index (κ1) is 11.8. The molecule has 2 rings (SSSR count). The van der Waals surface area contributed by atoms with Crippen molar-refractivity contribution >= 4 is 12.6 Å². The minimum absolute atomic E-state index is 0.584. The lowest BCUT2D eigenvalue weighted by Crippen LogP contribution is -2.45. The Morgan fingerprint density at radius 2 is 2.00 bits per heavy atom. The molecule has 2 aliphatic carbocycles. The first-order valence-electron chi connectivity index (χ1n) is 6.50. The van der Waals surface area contributed by atoms with Gasteiger partial charge in [0.15, 0.2) is 0 Å². The molecule has 1 nitrogen and oxygen atoms in total. The second-order valence-electron chi connectivity index (χ2n) is 6.07. The standard InChI is InChI=1S/C13H25NS/c1-11(2)8-14(12-4-5-12)9-13(10-15)6-3-7-13/h11-12,15H,3-10H2,1-2H3. The minimum atomic E-state index is 0.584. The molecule has 0 aromatic rings. The lowest BCUT2D eigenvalue weighted by Gasteiger charge is -2.45. The van der Waals surface area contributed by atoms with Gasteiger partial charge in [0.25, 0.3) is 0 Å². The van der Waals surface area contributed by atoms with Crippen LogP contribution in [-0.2, 0) is 0 Å². The van der Waals surface area contributed by atoms with Gasteiger partial charge in [0.1, 0.15) is 0 Å². The van der Waals surface area contributed by atoms with Gasteiger partial charge in [-0.15, -0.1) is 0 Å². The zero-order valence-electron chi connectivity index (χ0n) is 10.2. The number of hydrogen-bond donors (Lipinski definition) is 1. The second-order valence-corrected chi connectivity index (χ2v) is 6.38. The van der Waals surface area contributed by atoms with Gasteiger partial charge < -0.3 is 0 Å². The Hall–Kier alpha value is 0.310. The van der Waals surface area contributed by atoms with Gasteiger partial charge in [0.05, 0.1) is 0 Å². The van der Waals surface area contributed by atoms with E-state index in [-0.39, 0.29) is 0 Å². The Morgan fingerprint density at radius 1 is 1.33 bits per heavy atom. The Morgan fingerprint density at radius 3 is 2.33 bits per heavy atom. The summed E-state index contributed by atoms with van der Waals surface area (Å²) in [6.07, 6.45) is 7.14. The molecular weight excluding hydrogens is 202 g/mol. The molecule has 0 radical (unpaired) electrons. The van der Waals surface area contributed by atoms with Crippen molar-refractivity contribution in [3.05, 3.63) is 0 Å². The summed E-state index contributed by atoms with van der Waals surface area (Å²) in [4.78, 5) is 2.75. The fourth-order valence-electron chi connectivity index (χ4n) is 2.73. The molecule has 0 N–H and O–H groups in total. The molecule has 0 heterocycles. The maximum atomic E-state index is 4.56. The van der Waals surface area contributed by atoms with Crippen LogP contribution in [0.1, 0.15) is 46.0 Å². The fraction of sp³-hybridized carbons (Fsp3) is 1.00. The van der Waals surface area contributed by atoms with Gasteiger partial charge in [-0.05, 0) is 42.8 Å². The molecule has 0 spiro atoms. The average molecular weight is 227 g/mol. The zero-order valence-corrected chi connectivity index (χ0v) is 11.1. The molecule has 0 atom stereocenters. The van der Waals surface area contributed by atoms with Crippen LogP contribution in [0.25, 0.3) is 0 Å². The molecule has 2 heteroatoms. The predicted molar refractivity (Wildman–Crippen MR) is 69.6 cm³/mol. The van der Waals surface area contributed by atoms with Crippen molar-refractivity contribution in [3.63, 3.8) is 0 Å². The van der Waals surface area contributed by atoms with Gasteiger partial charge in [-0.25, -0.2) is 0 Å².